The van der Waals surface area contributed by atoms with E-state index >= 15 is 0 Å². The summed E-state index contributed by atoms with van der Waals surface area (Å²) in [6, 6.07) is 1.81. The van der Waals surface area contributed by atoms with Gasteiger partial charge in [0.05, 0.1) is 6.61 Å². The number of nitrogens with zero attached hydrogens (tertiary/aromatic N) is 1. The number of ether oxygens (including phenoxy) is 1. The van der Waals surface area contributed by atoms with Crippen molar-refractivity contribution in [1.82, 2.24) is 0 Å². The largest absolute Gasteiger partial charge is 0.461 e. The SMILES string of the molecule is CCC=C(C#N)C(=O)OCC(C)C. The van der Waals surface area contributed by atoms with Gasteiger partial charge in [-0.1, -0.05) is 26.8 Å². The van der Waals surface area contributed by atoms with E-state index in [4.69, 9.17) is 10.00 Å². The second-order valence-electron chi connectivity index (χ2n) is 3.13. The van der Waals surface area contributed by atoms with Gasteiger partial charge < -0.3 is 4.74 Å². The maximum Gasteiger partial charge on any atom is 0.348 e. The molecule has 0 fully saturated rings. The number of rotatable bonds is 4. The lowest BCUT2D eigenvalue weighted by molar-refractivity contribution is -0.139. The van der Waals surface area contributed by atoms with Crippen LogP contribution in [0.25, 0.3) is 0 Å². The standard InChI is InChI=1S/C10H15NO2/c1-4-5-9(6-11)10(12)13-7-8(2)3/h5,8H,4,7H2,1-3H3. The van der Waals surface area contributed by atoms with Crippen LogP contribution in [0.4, 0.5) is 0 Å². The van der Waals surface area contributed by atoms with Gasteiger partial charge in [-0.15, -0.1) is 0 Å². The molecule has 0 aromatic rings. The monoisotopic (exact) mass is 181 g/mol. The van der Waals surface area contributed by atoms with Crippen LogP contribution in [0.15, 0.2) is 11.6 Å². The molecule has 3 heteroatoms. The van der Waals surface area contributed by atoms with E-state index in [1.165, 1.54) is 0 Å². The smallest absolute Gasteiger partial charge is 0.348 e. The minimum atomic E-state index is -0.516. The number of allylic oxidation sites excluding steroid dienone is 1. The lowest BCUT2D eigenvalue weighted by atomic mass is 10.2. The molecule has 13 heavy (non-hydrogen) atoms. The number of carbonyl (C=O) groups is 1. The molecule has 0 bridgehead atoms. The van der Waals surface area contributed by atoms with Crippen molar-refractivity contribution in [2.45, 2.75) is 27.2 Å². The summed E-state index contributed by atoms with van der Waals surface area (Å²) < 4.78 is 4.88. The summed E-state index contributed by atoms with van der Waals surface area (Å²) in [5.74, 6) is -0.219. The molecule has 0 saturated carbocycles. The van der Waals surface area contributed by atoms with E-state index in [0.29, 0.717) is 18.9 Å². The first-order chi connectivity index (χ1) is 6.11. The van der Waals surface area contributed by atoms with Crippen molar-refractivity contribution in [3.8, 4) is 6.07 Å². The first kappa shape index (κ1) is 11.7. The molecule has 0 radical (unpaired) electrons. The average molecular weight is 181 g/mol. The fourth-order valence-corrected chi connectivity index (χ4v) is 0.699. The molecular formula is C10H15NO2. The summed E-state index contributed by atoms with van der Waals surface area (Å²) in [6.07, 6.45) is 2.24. The highest BCUT2D eigenvalue weighted by Gasteiger charge is 2.09. The normalized spacial score (nSPS) is 11.2. The Hall–Kier alpha value is -1.30. The van der Waals surface area contributed by atoms with E-state index in [2.05, 4.69) is 0 Å². The van der Waals surface area contributed by atoms with Crippen molar-refractivity contribution in [2.24, 2.45) is 5.92 Å². The quantitative estimate of drug-likeness (QED) is 0.379. The van der Waals surface area contributed by atoms with Crippen LogP contribution in [0.1, 0.15) is 27.2 Å². The molecule has 0 unspecified atom stereocenters. The summed E-state index contributed by atoms with van der Waals surface area (Å²) >= 11 is 0. The van der Waals surface area contributed by atoms with E-state index in [1.54, 1.807) is 6.08 Å². The molecule has 0 aliphatic rings. The fraction of sp³-hybridized carbons (Fsp3) is 0.600. The van der Waals surface area contributed by atoms with Crippen LogP contribution >= 0.6 is 0 Å². The zero-order valence-corrected chi connectivity index (χ0v) is 8.33. The Morgan fingerprint density at radius 1 is 1.62 bits per heavy atom. The van der Waals surface area contributed by atoms with E-state index in [0.717, 1.165) is 0 Å². The summed E-state index contributed by atoms with van der Waals surface area (Å²) in [4.78, 5) is 11.2. The molecule has 72 valence electrons. The summed E-state index contributed by atoms with van der Waals surface area (Å²) in [7, 11) is 0. The molecule has 0 N–H and O–H groups in total. The minimum Gasteiger partial charge on any atom is -0.461 e. The highest BCUT2D eigenvalue weighted by Crippen LogP contribution is 2.01. The van der Waals surface area contributed by atoms with Gasteiger partial charge in [0.25, 0.3) is 0 Å². The van der Waals surface area contributed by atoms with Crippen molar-refractivity contribution in [1.29, 1.82) is 5.26 Å². The minimum absolute atomic E-state index is 0.100. The Labute approximate surface area is 79.0 Å². The maximum atomic E-state index is 11.2. The maximum absolute atomic E-state index is 11.2. The van der Waals surface area contributed by atoms with E-state index in [1.807, 2.05) is 26.8 Å². The molecule has 0 aromatic heterocycles. The molecule has 0 atom stereocenters. The van der Waals surface area contributed by atoms with Gasteiger partial charge >= 0.3 is 5.97 Å². The van der Waals surface area contributed by atoms with Gasteiger partial charge in [-0.2, -0.15) is 5.26 Å². The number of carbonyl (C=O) groups excluding carboxylic acids is 1. The van der Waals surface area contributed by atoms with Gasteiger partial charge in [-0.25, -0.2) is 4.79 Å². The van der Waals surface area contributed by atoms with E-state index in [-0.39, 0.29) is 5.57 Å². The van der Waals surface area contributed by atoms with Gasteiger partial charge in [0.2, 0.25) is 0 Å². The van der Waals surface area contributed by atoms with E-state index in [9.17, 15) is 4.79 Å². The Balaban J connectivity index is 4.10. The third-order valence-electron chi connectivity index (χ3n) is 1.30. The molecule has 0 rings (SSSR count). The van der Waals surface area contributed by atoms with Crippen molar-refractivity contribution < 1.29 is 9.53 Å². The molecule has 0 aliphatic carbocycles. The Morgan fingerprint density at radius 3 is 2.62 bits per heavy atom. The van der Waals surface area contributed by atoms with Crippen molar-refractivity contribution in [3.63, 3.8) is 0 Å². The van der Waals surface area contributed by atoms with Crippen LogP contribution in [-0.4, -0.2) is 12.6 Å². The fourth-order valence-electron chi connectivity index (χ4n) is 0.699. The van der Waals surface area contributed by atoms with Crippen LogP contribution in [0.3, 0.4) is 0 Å². The first-order valence-corrected chi connectivity index (χ1v) is 4.39. The molecule has 3 nitrogen and oxygen atoms in total. The number of nitriles is 1. The van der Waals surface area contributed by atoms with Crippen LogP contribution < -0.4 is 0 Å². The van der Waals surface area contributed by atoms with Gasteiger partial charge in [0, 0.05) is 0 Å². The number of esters is 1. The highest BCUT2D eigenvalue weighted by atomic mass is 16.5. The average Bonchev–Trinajstić information content (AvgIpc) is 2.10. The third-order valence-corrected chi connectivity index (χ3v) is 1.30. The molecule has 0 heterocycles. The van der Waals surface area contributed by atoms with Gasteiger partial charge in [-0.05, 0) is 12.3 Å². The van der Waals surface area contributed by atoms with Crippen molar-refractivity contribution in [2.75, 3.05) is 6.61 Å². The van der Waals surface area contributed by atoms with Crippen LogP contribution in [-0.2, 0) is 9.53 Å². The summed E-state index contributed by atoms with van der Waals surface area (Å²) in [5.41, 5.74) is 0.100. The summed E-state index contributed by atoms with van der Waals surface area (Å²) in [6.45, 7) is 6.13. The van der Waals surface area contributed by atoms with Crippen LogP contribution in [0.2, 0.25) is 0 Å². The zero-order valence-electron chi connectivity index (χ0n) is 8.33. The van der Waals surface area contributed by atoms with Crippen molar-refractivity contribution in [3.05, 3.63) is 11.6 Å². The molecule has 0 spiro atoms. The predicted molar refractivity (Wildman–Crippen MR) is 49.8 cm³/mol. The highest BCUT2D eigenvalue weighted by molar-refractivity contribution is 5.92. The second kappa shape index (κ2) is 6.24. The third kappa shape index (κ3) is 5.02. The second-order valence-corrected chi connectivity index (χ2v) is 3.13. The van der Waals surface area contributed by atoms with Gasteiger partial charge in [0.1, 0.15) is 11.6 Å². The lowest BCUT2D eigenvalue weighted by Crippen LogP contribution is -2.11. The van der Waals surface area contributed by atoms with Crippen LogP contribution in [0, 0.1) is 17.2 Å². The van der Waals surface area contributed by atoms with Crippen LogP contribution in [0.5, 0.6) is 0 Å². The Bertz CT molecular complexity index is 236. The molecule has 0 aromatic carbocycles. The first-order valence-electron chi connectivity index (χ1n) is 4.39. The molecule has 0 saturated heterocycles. The summed E-state index contributed by atoms with van der Waals surface area (Å²) in [5, 5.41) is 8.57. The predicted octanol–water partition coefficient (Wildman–Crippen LogP) is 2.05. The van der Waals surface area contributed by atoms with E-state index < -0.39 is 5.97 Å². The van der Waals surface area contributed by atoms with Crippen molar-refractivity contribution >= 4 is 5.97 Å². The lowest BCUT2D eigenvalue weighted by Gasteiger charge is -2.05. The Morgan fingerprint density at radius 2 is 2.23 bits per heavy atom. The number of hydrogen-bond donors (Lipinski definition) is 0. The molecule has 0 aliphatic heterocycles. The van der Waals surface area contributed by atoms with Gasteiger partial charge in [-0.3, -0.25) is 0 Å². The molecule has 0 amide bonds. The zero-order chi connectivity index (χ0) is 10.3. The topological polar surface area (TPSA) is 50.1 Å². The Kier molecular flexibility index (Phi) is 5.62. The molecular weight excluding hydrogens is 166 g/mol. The number of hydrogen-bond acceptors (Lipinski definition) is 3. The van der Waals surface area contributed by atoms with Gasteiger partial charge in [0.15, 0.2) is 0 Å².